The first kappa shape index (κ1) is 12.0. The van der Waals surface area contributed by atoms with E-state index >= 15 is 0 Å². The number of hydrogen-bond donors (Lipinski definition) is 1. The molecular weight excluding hydrogens is 236 g/mol. The molecule has 0 unspecified atom stereocenters. The van der Waals surface area contributed by atoms with Gasteiger partial charge in [0.25, 0.3) is 5.91 Å². The van der Waals surface area contributed by atoms with E-state index in [1.807, 2.05) is 0 Å². The average molecular weight is 250 g/mol. The summed E-state index contributed by atoms with van der Waals surface area (Å²) in [6.07, 6.45) is 7.18. The number of nitrogens with one attached hydrogen (secondary N) is 1. The van der Waals surface area contributed by atoms with E-state index in [4.69, 9.17) is 0 Å². The number of nitriles is 1. The Labute approximate surface area is 104 Å². The van der Waals surface area contributed by atoms with Crippen molar-refractivity contribution >= 4 is 17.4 Å². The molecule has 1 N–H and O–H groups in total. The number of hydrogen-bond acceptors (Lipinski definition) is 5. The minimum absolute atomic E-state index is 0.233. The minimum atomic E-state index is -0.697. The van der Waals surface area contributed by atoms with Crippen molar-refractivity contribution in [1.29, 1.82) is 5.26 Å². The van der Waals surface area contributed by atoms with Crippen LogP contribution in [0.25, 0.3) is 0 Å². The molecule has 0 aliphatic heterocycles. The zero-order valence-corrected chi connectivity index (χ0v) is 10.3. The van der Waals surface area contributed by atoms with E-state index in [9.17, 15) is 10.1 Å². The zero-order chi connectivity index (χ0) is 12.1. The molecule has 0 bridgehead atoms. The van der Waals surface area contributed by atoms with Gasteiger partial charge in [-0.2, -0.15) is 5.26 Å². The lowest BCUT2D eigenvalue weighted by Gasteiger charge is -2.25. The van der Waals surface area contributed by atoms with Crippen molar-refractivity contribution < 1.29 is 4.79 Å². The molecule has 0 atom stereocenters. The highest BCUT2D eigenvalue weighted by atomic mass is 32.1. The molecule has 1 aromatic heterocycles. The topological polar surface area (TPSA) is 78.7 Å². The van der Waals surface area contributed by atoms with E-state index in [1.54, 1.807) is 0 Å². The summed E-state index contributed by atoms with van der Waals surface area (Å²) in [5, 5.41) is 15.8. The number of carbonyl (C=O) groups is 1. The molecule has 1 aliphatic rings. The number of carbonyl (C=O) groups excluding carboxylic acids is 1. The first-order valence-corrected chi connectivity index (χ1v) is 6.54. The summed E-state index contributed by atoms with van der Waals surface area (Å²) in [5.41, 5.74) is -0.697. The van der Waals surface area contributed by atoms with E-state index in [1.165, 1.54) is 6.20 Å². The van der Waals surface area contributed by atoms with Crippen LogP contribution in [0.4, 0.5) is 0 Å². The summed E-state index contributed by atoms with van der Waals surface area (Å²) in [5.74, 6) is -0.233. The highest BCUT2D eigenvalue weighted by Gasteiger charge is 2.33. The first-order chi connectivity index (χ1) is 8.26. The molecule has 1 aromatic rings. The maximum absolute atomic E-state index is 11.9. The van der Waals surface area contributed by atoms with Crippen LogP contribution >= 0.6 is 11.5 Å². The Balaban J connectivity index is 2.09. The number of amides is 1. The second-order valence-electron chi connectivity index (χ2n) is 4.34. The van der Waals surface area contributed by atoms with Crippen molar-refractivity contribution in [3.8, 4) is 6.07 Å². The van der Waals surface area contributed by atoms with Crippen LogP contribution in [0.2, 0.25) is 0 Å². The standard InChI is InChI=1S/C11H14N4OS/c12-8-11(5-3-1-2-4-6-11)14-10(16)9-7-13-15-17-9/h7H,1-6H2,(H,14,16). The van der Waals surface area contributed by atoms with Crippen LogP contribution in [0.3, 0.4) is 0 Å². The molecule has 0 aromatic carbocycles. The normalized spacial score (nSPS) is 19.0. The molecule has 1 saturated carbocycles. The molecule has 90 valence electrons. The Bertz CT molecular complexity index is 415. The molecule has 6 heteroatoms. The van der Waals surface area contributed by atoms with E-state index in [0.717, 1.165) is 50.1 Å². The summed E-state index contributed by atoms with van der Waals surface area (Å²) in [7, 11) is 0. The number of nitrogens with zero attached hydrogens (tertiary/aromatic N) is 3. The van der Waals surface area contributed by atoms with Crippen LogP contribution in [-0.4, -0.2) is 21.0 Å². The maximum Gasteiger partial charge on any atom is 0.265 e. The largest absolute Gasteiger partial charge is 0.333 e. The van der Waals surface area contributed by atoms with Crippen molar-refractivity contribution in [2.24, 2.45) is 0 Å². The van der Waals surface area contributed by atoms with Crippen molar-refractivity contribution in [2.45, 2.75) is 44.1 Å². The lowest BCUT2D eigenvalue weighted by molar-refractivity contribution is 0.0917. The molecule has 2 rings (SSSR count). The third-order valence-electron chi connectivity index (χ3n) is 3.11. The summed E-state index contributed by atoms with van der Waals surface area (Å²) in [6, 6.07) is 2.28. The molecule has 17 heavy (non-hydrogen) atoms. The molecule has 1 fully saturated rings. The lowest BCUT2D eigenvalue weighted by Crippen LogP contribution is -2.46. The summed E-state index contributed by atoms with van der Waals surface area (Å²) >= 11 is 1.05. The summed E-state index contributed by atoms with van der Waals surface area (Å²) in [6.45, 7) is 0. The summed E-state index contributed by atoms with van der Waals surface area (Å²) < 4.78 is 3.65. The number of aromatic nitrogens is 2. The van der Waals surface area contributed by atoms with Gasteiger partial charge in [-0.05, 0) is 24.4 Å². The van der Waals surface area contributed by atoms with E-state index < -0.39 is 5.54 Å². The fourth-order valence-electron chi connectivity index (χ4n) is 2.14. The molecule has 0 radical (unpaired) electrons. The monoisotopic (exact) mass is 250 g/mol. The first-order valence-electron chi connectivity index (χ1n) is 5.77. The molecule has 0 saturated heterocycles. The predicted octanol–water partition coefficient (Wildman–Crippen LogP) is 1.88. The Morgan fingerprint density at radius 3 is 2.65 bits per heavy atom. The van der Waals surface area contributed by atoms with Gasteiger partial charge in [0.2, 0.25) is 0 Å². The third kappa shape index (κ3) is 2.80. The fraction of sp³-hybridized carbons (Fsp3) is 0.636. The molecule has 1 heterocycles. The Morgan fingerprint density at radius 1 is 1.41 bits per heavy atom. The molecular formula is C11H14N4OS. The Morgan fingerprint density at radius 2 is 2.12 bits per heavy atom. The van der Waals surface area contributed by atoms with Gasteiger partial charge in [-0.15, -0.1) is 5.10 Å². The smallest absolute Gasteiger partial charge is 0.265 e. The van der Waals surface area contributed by atoms with Crippen LogP contribution < -0.4 is 5.32 Å². The van der Waals surface area contributed by atoms with Crippen LogP contribution in [0, 0.1) is 11.3 Å². The van der Waals surface area contributed by atoms with Gasteiger partial charge < -0.3 is 5.32 Å². The van der Waals surface area contributed by atoms with Gasteiger partial charge in [-0.1, -0.05) is 30.2 Å². The van der Waals surface area contributed by atoms with Gasteiger partial charge in [0, 0.05) is 0 Å². The molecule has 1 aliphatic carbocycles. The second-order valence-corrected chi connectivity index (χ2v) is 5.13. The predicted molar refractivity (Wildman–Crippen MR) is 63.4 cm³/mol. The molecule has 1 amide bonds. The van der Waals surface area contributed by atoms with Crippen LogP contribution in [0.15, 0.2) is 6.20 Å². The Kier molecular flexibility index (Phi) is 3.69. The minimum Gasteiger partial charge on any atom is -0.333 e. The van der Waals surface area contributed by atoms with Crippen LogP contribution in [-0.2, 0) is 0 Å². The van der Waals surface area contributed by atoms with Gasteiger partial charge >= 0.3 is 0 Å². The van der Waals surface area contributed by atoms with Gasteiger partial charge in [0.1, 0.15) is 10.4 Å². The Hall–Kier alpha value is -1.48. The van der Waals surface area contributed by atoms with Gasteiger partial charge in [0.15, 0.2) is 0 Å². The highest BCUT2D eigenvalue weighted by Crippen LogP contribution is 2.27. The third-order valence-corrected chi connectivity index (χ3v) is 3.77. The lowest BCUT2D eigenvalue weighted by atomic mass is 9.92. The van der Waals surface area contributed by atoms with Crippen molar-refractivity contribution in [1.82, 2.24) is 14.9 Å². The van der Waals surface area contributed by atoms with Gasteiger partial charge in [-0.3, -0.25) is 4.79 Å². The summed E-state index contributed by atoms with van der Waals surface area (Å²) in [4.78, 5) is 12.4. The van der Waals surface area contributed by atoms with Crippen LogP contribution in [0.5, 0.6) is 0 Å². The molecule has 5 nitrogen and oxygen atoms in total. The van der Waals surface area contributed by atoms with Crippen molar-refractivity contribution in [3.63, 3.8) is 0 Å². The van der Waals surface area contributed by atoms with Gasteiger partial charge in [0.05, 0.1) is 12.3 Å². The maximum atomic E-state index is 11.9. The number of rotatable bonds is 2. The second kappa shape index (κ2) is 5.23. The van der Waals surface area contributed by atoms with E-state index in [-0.39, 0.29) is 5.91 Å². The average Bonchev–Trinajstić information content (AvgIpc) is 2.78. The fourth-order valence-corrected chi connectivity index (χ4v) is 2.55. The highest BCUT2D eigenvalue weighted by molar-refractivity contribution is 7.07. The SMILES string of the molecule is N#CC1(NC(=O)c2cnns2)CCCCCC1. The van der Waals surface area contributed by atoms with Crippen molar-refractivity contribution in [3.05, 3.63) is 11.1 Å². The van der Waals surface area contributed by atoms with Gasteiger partial charge in [-0.25, -0.2) is 0 Å². The van der Waals surface area contributed by atoms with E-state index in [0.29, 0.717) is 4.88 Å². The van der Waals surface area contributed by atoms with Crippen LogP contribution in [0.1, 0.15) is 48.2 Å². The zero-order valence-electron chi connectivity index (χ0n) is 9.48. The van der Waals surface area contributed by atoms with E-state index in [2.05, 4.69) is 21.0 Å². The quantitative estimate of drug-likeness (QED) is 0.813. The molecule has 0 spiro atoms. The van der Waals surface area contributed by atoms with Crippen molar-refractivity contribution in [2.75, 3.05) is 0 Å².